The molecule has 0 amide bonds. The van der Waals surface area contributed by atoms with Gasteiger partial charge in [-0.3, -0.25) is 0 Å². The minimum absolute atomic E-state index is 0.180. The fraction of sp³-hybridized carbons (Fsp3) is 0.250. The average Bonchev–Trinajstić information content (AvgIpc) is 2.54. The number of benzene rings is 1. The summed E-state index contributed by atoms with van der Waals surface area (Å²) in [6.45, 7) is 1.68. The maximum Gasteiger partial charge on any atom is 0.417 e. The van der Waals surface area contributed by atoms with Gasteiger partial charge in [0.15, 0.2) is 6.10 Å². The summed E-state index contributed by atoms with van der Waals surface area (Å²) < 4.78 is 48.3. The summed E-state index contributed by atoms with van der Waals surface area (Å²) in [6, 6.07) is 6.58. The van der Waals surface area contributed by atoms with Crippen molar-refractivity contribution in [3.8, 4) is 17.4 Å². The van der Waals surface area contributed by atoms with Gasteiger partial charge in [0.1, 0.15) is 16.5 Å². The van der Waals surface area contributed by atoms with E-state index < -0.39 is 23.8 Å². The highest BCUT2D eigenvalue weighted by Crippen LogP contribution is 2.34. The predicted molar refractivity (Wildman–Crippen MR) is 83.1 cm³/mol. The van der Waals surface area contributed by atoms with Crippen molar-refractivity contribution in [2.24, 2.45) is 0 Å². The fourth-order valence-electron chi connectivity index (χ4n) is 1.83. The van der Waals surface area contributed by atoms with Gasteiger partial charge in [-0.25, -0.2) is 9.78 Å². The molecule has 0 radical (unpaired) electrons. The lowest BCUT2D eigenvalue weighted by Crippen LogP contribution is -2.25. The number of carbonyl (C=O) groups is 1. The lowest BCUT2D eigenvalue weighted by molar-refractivity contribution is -0.145. The summed E-state index contributed by atoms with van der Waals surface area (Å²) in [7, 11) is 0. The van der Waals surface area contributed by atoms with Crippen LogP contribution in [-0.4, -0.2) is 22.2 Å². The lowest BCUT2D eigenvalue weighted by Gasteiger charge is -2.14. The third-order valence-corrected chi connectivity index (χ3v) is 3.37. The second kappa shape index (κ2) is 7.60. The summed E-state index contributed by atoms with van der Waals surface area (Å²) in [5.41, 5.74) is -0.979. The Kier molecular flexibility index (Phi) is 5.73. The van der Waals surface area contributed by atoms with Crippen molar-refractivity contribution in [3.05, 3.63) is 47.1 Å². The molecular weight excluding hydrogens is 363 g/mol. The Morgan fingerprint density at radius 3 is 2.36 bits per heavy atom. The Morgan fingerprint density at radius 2 is 1.88 bits per heavy atom. The Hall–Kier alpha value is -2.48. The molecule has 0 aliphatic heterocycles. The van der Waals surface area contributed by atoms with Gasteiger partial charge < -0.3 is 14.6 Å². The van der Waals surface area contributed by atoms with Crippen LogP contribution in [0.4, 0.5) is 13.2 Å². The van der Waals surface area contributed by atoms with Crippen molar-refractivity contribution in [2.75, 3.05) is 0 Å². The number of pyridine rings is 1. The number of alkyl halides is 3. The molecule has 0 saturated heterocycles. The van der Waals surface area contributed by atoms with Crippen LogP contribution in [0.1, 0.15) is 18.9 Å². The normalized spacial score (nSPS) is 12.5. The highest BCUT2D eigenvalue weighted by Gasteiger charge is 2.31. The van der Waals surface area contributed by atoms with Crippen molar-refractivity contribution in [3.63, 3.8) is 0 Å². The average molecular weight is 376 g/mol. The number of halogens is 4. The Morgan fingerprint density at radius 1 is 1.28 bits per heavy atom. The molecule has 1 aromatic carbocycles. The topological polar surface area (TPSA) is 68.7 Å². The summed E-state index contributed by atoms with van der Waals surface area (Å²) >= 11 is 5.76. The zero-order valence-corrected chi connectivity index (χ0v) is 13.6. The van der Waals surface area contributed by atoms with Gasteiger partial charge >= 0.3 is 12.1 Å². The molecule has 1 aromatic heterocycles. The van der Waals surface area contributed by atoms with Crippen LogP contribution in [0.15, 0.2) is 36.5 Å². The second-order valence-corrected chi connectivity index (χ2v) is 5.34. The molecule has 9 heteroatoms. The van der Waals surface area contributed by atoms with Crippen LogP contribution in [0.25, 0.3) is 0 Å². The van der Waals surface area contributed by atoms with Crippen LogP contribution in [0, 0.1) is 0 Å². The predicted octanol–water partition coefficient (Wildman–Crippen LogP) is 4.79. The molecule has 0 aliphatic carbocycles. The molecule has 0 spiro atoms. The van der Waals surface area contributed by atoms with Gasteiger partial charge in [-0.15, -0.1) is 0 Å². The number of ether oxygens (including phenoxy) is 2. The minimum atomic E-state index is -4.55. The summed E-state index contributed by atoms with van der Waals surface area (Å²) in [6.07, 6.45) is -4.61. The van der Waals surface area contributed by atoms with Crippen LogP contribution < -0.4 is 9.47 Å². The molecule has 1 atom stereocenters. The van der Waals surface area contributed by atoms with Gasteiger partial charge in [-0.1, -0.05) is 18.5 Å². The molecule has 1 heterocycles. The van der Waals surface area contributed by atoms with E-state index in [9.17, 15) is 18.0 Å². The second-order valence-electron chi connectivity index (χ2n) is 4.94. The zero-order chi connectivity index (χ0) is 18.6. The van der Waals surface area contributed by atoms with E-state index in [4.69, 9.17) is 26.2 Å². The largest absolute Gasteiger partial charge is 0.479 e. The van der Waals surface area contributed by atoms with Gasteiger partial charge in [-0.05, 0) is 36.8 Å². The van der Waals surface area contributed by atoms with E-state index in [2.05, 4.69) is 4.98 Å². The highest BCUT2D eigenvalue weighted by atomic mass is 35.5. The number of aromatic nitrogens is 1. The van der Waals surface area contributed by atoms with Crippen LogP contribution in [0.2, 0.25) is 5.02 Å². The molecule has 5 nitrogen and oxygen atoms in total. The van der Waals surface area contributed by atoms with Crippen molar-refractivity contribution >= 4 is 17.6 Å². The van der Waals surface area contributed by atoms with Crippen LogP contribution >= 0.6 is 11.6 Å². The fourth-order valence-corrected chi connectivity index (χ4v) is 2.03. The standard InChI is InChI=1S/C16H13ClF3NO4/c1-2-13(15(22)23)24-10-3-5-11(6-4-10)25-14-12(17)7-9(8-21-14)16(18,19)20/h3-8,13H,2H2,1H3,(H,22,23)/t13-/m1/s1. The number of carboxylic acid groups (broad SMARTS) is 1. The van der Waals surface area contributed by atoms with Crippen molar-refractivity contribution in [1.29, 1.82) is 0 Å². The van der Waals surface area contributed by atoms with E-state index in [-0.39, 0.29) is 16.7 Å². The molecule has 2 rings (SSSR count). The van der Waals surface area contributed by atoms with E-state index in [0.717, 1.165) is 6.07 Å². The van der Waals surface area contributed by atoms with Gasteiger partial charge in [0, 0.05) is 6.20 Å². The molecule has 0 aliphatic rings. The first-order valence-electron chi connectivity index (χ1n) is 7.10. The van der Waals surface area contributed by atoms with Crippen molar-refractivity contribution in [1.82, 2.24) is 4.98 Å². The Labute approximate surface area is 146 Å². The number of rotatable bonds is 6. The number of hydrogen-bond donors (Lipinski definition) is 1. The maximum atomic E-state index is 12.6. The minimum Gasteiger partial charge on any atom is -0.479 e. The Bertz CT molecular complexity index is 750. The van der Waals surface area contributed by atoms with Crippen LogP contribution in [-0.2, 0) is 11.0 Å². The first-order valence-corrected chi connectivity index (χ1v) is 7.48. The molecule has 0 bridgehead atoms. The zero-order valence-electron chi connectivity index (χ0n) is 12.9. The SMILES string of the molecule is CC[C@@H](Oc1ccc(Oc2ncc(C(F)(F)F)cc2Cl)cc1)C(=O)O. The quantitative estimate of drug-likeness (QED) is 0.786. The number of carboxylic acids is 1. The van der Waals surface area contributed by atoms with Crippen LogP contribution in [0.5, 0.6) is 17.4 Å². The highest BCUT2D eigenvalue weighted by molar-refractivity contribution is 6.31. The monoisotopic (exact) mass is 375 g/mol. The summed E-state index contributed by atoms with van der Waals surface area (Å²) in [5.74, 6) is -0.693. The van der Waals surface area contributed by atoms with E-state index in [1.807, 2.05) is 0 Å². The first kappa shape index (κ1) is 18.9. The Balaban J connectivity index is 2.10. The van der Waals surface area contributed by atoms with Gasteiger partial charge in [0.2, 0.25) is 5.88 Å². The van der Waals surface area contributed by atoms with Gasteiger partial charge in [0.25, 0.3) is 0 Å². The molecule has 25 heavy (non-hydrogen) atoms. The van der Waals surface area contributed by atoms with E-state index in [0.29, 0.717) is 18.4 Å². The number of aliphatic carboxylic acids is 1. The summed E-state index contributed by atoms with van der Waals surface area (Å²) in [5, 5.41) is 8.66. The lowest BCUT2D eigenvalue weighted by atomic mass is 10.2. The van der Waals surface area contributed by atoms with Crippen LogP contribution in [0.3, 0.4) is 0 Å². The third-order valence-electron chi connectivity index (χ3n) is 3.10. The van der Waals surface area contributed by atoms with Gasteiger partial charge in [-0.2, -0.15) is 13.2 Å². The van der Waals surface area contributed by atoms with E-state index in [1.165, 1.54) is 24.3 Å². The third kappa shape index (κ3) is 4.99. The van der Waals surface area contributed by atoms with Crippen molar-refractivity contribution in [2.45, 2.75) is 25.6 Å². The molecule has 0 fully saturated rings. The van der Waals surface area contributed by atoms with E-state index in [1.54, 1.807) is 6.92 Å². The van der Waals surface area contributed by atoms with Gasteiger partial charge in [0.05, 0.1) is 5.56 Å². The molecule has 134 valence electrons. The van der Waals surface area contributed by atoms with E-state index >= 15 is 0 Å². The molecule has 0 saturated carbocycles. The smallest absolute Gasteiger partial charge is 0.417 e. The molecule has 1 N–H and O–H groups in total. The first-order chi connectivity index (χ1) is 11.7. The molecule has 2 aromatic rings. The number of nitrogens with zero attached hydrogens (tertiary/aromatic N) is 1. The number of hydrogen-bond acceptors (Lipinski definition) is 4. The maximum absolute atomic E-state index is 12.6. The van der Waals surface area contributed by atoms with Crippen molar-refractivity contribution < 1.29 is 32.5 Å². The summed E-state index contributed by atoms with van der Waals surface area (Å²) in [4.78, 5) is 14.5. The molecule has 0 unspecified atom stereocenters. The molecular formula is C16H13ClF3NO4.